The number of nitrogens with zero attached hydrogens (tertiary/aromatic N) is 2. The topological polar surface area (TPSA) is 59.9 Å². The maximum atomic E-state index is 12.0. The fourth-order valence-electron chi connectivity index (χ4n) is 0.588. The van der Waals surface area contributed by atoms with E-state index in [1.807, 2.05) is 0 Å². The number of halogens is 4. The van der Waals surface area contributed by atoms with Gasteiger partial charge in [-0.15, -0.1) is 0 Å². The first kappa shape index (κ1) is 11.2. The molecule has 0 saturated heterocycles. The minimum Gasteiger partial charge on any atom is -0.225 e. The van der Waals surface area contributed by atoms with Gasteiger partial charge in [0.1, 0.15) is 0 Å². The lowest BCUT2D eigenvalue weighted by molar-refractivity contribution is -0.138. The molecule has 0 amide bonds. The van der Waals surface area contributed by atoms with Gasteiger partial charge in [0.15, 0.2) is 0 Å². The van der Waals surface area contributed by atoms with Gasteiger partial charge in [-0.3, -0.25) is 0 Å². The Morgan fingerprint density at radius 1 is 1.21 bits per heavy atom. The predicted octanol–water partition coefficient (Wildman–Crippen LogP) is 1.42. The van der Waals surface area contributed by atoms with E-state index in [0.717, 1.165) is 0 Å². The van der Waals surface area contributed by atoms with Crippen LogP contribution < -0.4 is 0 Å². The second-order valence-electron chi connectivity index (χ2n) is 2.19. The lowest BCUT2D eigenvalue weighted by Crippen LogP contribution is -2.08. The summed E-state index contributed by atoms with van der Waals surface area (Å²) < 4.78 is 57.0. The van der Waals surface area contributed by atoms with Crippen LogP contribution in [-0.2, 0) is 15.2 Å². The SMILES string of the molecule is O=S(=O)(Cl)c1ncc(C(F)(F)F)cn1. The molecular formula is C5H2ClF3N2O2S. The van der Waals surface area contributed by atoms with Gasteiger partial charge < -0.3 is 0 Å². The molecule has 0 unspecified atom stereocenters. The van der Waals surface area contributed by atoms with Crippen LogP contribution in [0.3, 0.4) is 0 Å². The highest BCUT2D eigenvalue weighted by atomic mass is 35.7. The van der Waals surface area contributed by atoms with E-state index in [1.54, 1.807) is 0 Å². The fourth-order valence-corrected chi connectivity index (χ4v) is 1.18. The van der Waals surface area contributed by atoms with Crippen LogP contribution in [0.2, 0.25) is 0 Å². The maximum Gasteiger partial charge on any atom is 0.419 e. The molecule has 0 radical (unpaired) electrons. The Morgan fingerprint density at radius 3 is 1.93 bits per heavy atom. The molecule has 0 atom stereocenters. The Bertz CT molecular complexity index is 427. The van der Waals surface area contributed by atoms with Gasteiger partial charge in [0, 0.05) is 23.1 Å². The molecule has 0 aliphatic rings. The van der Waals surface area contributed by atoms with Gasteiger partial charge >= 0.3 is 6.18 Å². The molecule has 1 aromatic heterocycles. The van der Waals surface area contributed by atoms with E-state index in [9.17, 15) is 21.6 Å². The molecule has 0 N–H and O–H groups in total. The van der Waals surface area contributed by atoms with Crippen molar-refractivity contribution < 1.29 is 21.6 Å². The molecule has 0 aliphatic heterocycles. The number of alkyl halides is 3. The zero-order chi connectivity index (χ0) is 11.0. The Kier molecular flexibility index (Phi) is 2.68. The summed E-state index contributed by atoms with van der Waals surface area (Å²) in [5.74, 6) is 0. The van der Waals surface area contributed by atoms with Crippen molar-refractivity contribution in [3.63, 3.8) is 0 Å². The molecule has 4 nitrogen and oxygen atoms in total. The molecule has 0 aromatic carbocycles. The van der Waals surface area contributed by atoms with E-state index in [-0.39, 0.29) is 0 Å². The largest absolute Gasteiger partial charge is 0.419 e. The average molecular weight is 247 g/mol. The van der Waals surface area contributed by atoms with Gasteiger partial charge in [0.25, 0.3) is 14.2 Å². The second kappa shape index (κ2) is 3.35. The van der Waals surface area contributed by atoms with Crippen LogP contribution in [0.15, 0.2) is 17.6 Å². The van der Waals surface area contributed by atoms with Gasteiger partial charge in [-0.1, -0.05) is 0 Å². The van der Waals surface area contributed by atoms with E-state index in [2.05, 4.69) is 9.97 Å². The summed E-state index contributed by atoms with van der Waals surface area (Å²) in [7, 11) is 0.609. The van der Waals surface area contributed by atoms with Crippen LogP contribution >= 0.6 is 10.7 Å². The number of rotatable bonds is 1. The Labute approximate surface area is 81.2 Å². The third kappa shape index (κ3) is 2.55. The molecular weight excluding hydrogens is 245 g/mol. The molecule has 1 rings (SSSR count). The van der Waals surface area contributed by atoms with Gasteiger partial charge in [0.05, 0.1) is 5.56 Å². The monoisotopic (exact) mass is 246 g/mol. The van der Waals surface area contributed by atoms with Crippen molar-refractivity contribution in [3.8, 4) is 0 Å². The van der Waals surface area contributed by atoms with Crippen LogP contribution in [0.5, 0.6) is 0 Å². The molecule has 0 fully saturated rings. The fraction of sp³-hybridized carbons (Fsp3) is 0.200. The van der Waals surface area contributed by atoms with Crippen molar-refractivity contribution in [1.29, 1.82) is 0 Å². The van der Waals surface area contributed by atoms with Crippen molar-refractivity contribution >= 4 is 19.7 Å². The maximum absolute atomic E-state index is 12.0. The van der Waals surface area contributed by atoms with Gasteiger partial charge in [0.2, 0.25) is 0 Å². The summed E-state index contributed by atoms with van der Waals surface area (Å²) in [6.45, 7) is 0. The van der Waals surface area contributed by atoms with Crippen molar-refractivity contribution in [2.24, 2.45) is 0 Å². The van der Waals surface area contributed by atoms with Gasteiger partial charge in [-0.05, 0) is 0 Å². The zero-order valence-corrected chi connectivity index (χ0v) is 7.86. The third-order valence-corrected chi connectivity index (χ3v) is 2.23. The minimum atomic E-state index is -4.60. The van der Waals surface area contributed by atoms with Crippen LogP contribution in [0.25, 0.3) is 0 Å². The summed E-state index contributed by atoms with van der Waals surface area (Å²) in [5, 5.41) is -0.854. The number of aromatic nitrogens is 2. The Hall–Kier alpha value is -0.890. The standard InChI is InChI=1S/C5H2ClF3N2O2S/c6-14(12,13)4-10-1-3(2-11-4)5(7,8)9/h1-2H. The van der Waals surface area contributed by atoms with Crippen LogP contribution in [-0.4, -0.2) is 18.4 Å². The average Bonchev–Trinajstić information content (AvgIpc) is 2.01. The van der Waals surface area contributed by atoms with Crippen LogP contribution in [0, 0.1) is 0 Å². The van der Waals surface area contributed by atoms with Crippen molar-refractivity contribution in [2.45, 2.75) is 11.3 Å². The first-order chi connectivity index (χ1) is 6.21. The van der Waals surface area contributed by atoms with Gasteiger partial charge in [-0.2, -0.15) is 13.2 Å². The van der Waals surface area contributed by atoms with E-state index < -0.39 is 25.9 Å². The second-order valence-corrected chi connectivity index (χ2v) is 4.65. The molecule has 0 saturated carbocycles. The van der Waals surface area contributed by atoms with E-state index in [0.29, 0.717) is 12.4 Å². The molecule has 1 heterocycles. The predicted molar refractivity (Wildman–Crippen MR) is 40.1 cm³/mol. The van der Waals surface area contributed by atoms with Crippen LogP contribution in [0.1, 0.15) is 5.56 Å². The molecule has 1 aromatic rings. The van der Waals surface area contributed by atoms with Crippen molar-refractivity contribution in [1.82, 2.24) is 9.97 Å². The molecule has 0 spiro atoms. The van der Waals surface area contributed by atoms with E-state index >= 15 is 0 Å². The number of hydrogen-bond acceptors (Lipinski definition) is 4. The molecule has 0 aliphatic carbocycles. The molecule has 9 heteroatoms. The van der Waals surface area contributed by atoms with Crippen molar-refractivity contribution in [2.75, 3.05) is 0 Å². The Balaban J connectivity index is 3.14. The highest BCUT2D eigenvalue weighted by molar-refractivity contribution is 8.13. The highest BCUT2D eigenvalue weighted by Crippen LogP contribution is 2.28. The van der Waals surface area contributed by atoms with Crippen LogP contribution in [0.4, 0.5) is 13.2 Å². The highest BCUT2D eigenvalue weighted by Gasteiger charge is 2.31. The lowest BCUT2D eigenvalue weighted by Gasteiger charge is -2.04. The zero-order valence-electron chi connectivity index (χ0n) is 6.29. The van der Waals surface area contributed by atoms with E-state index in [4.69, 9.17) is 10.7 Å². The van der Waals surface area contributed by atoms with E-state index in [1.165, 1.54) is 0 Å². The first-order valence-corrected chi connectivity index (χ1v) is 5.36. The molecule has 14 heavy (non-hydrogen) atoms. The Morgan fingerprint density at radius 2 is 1.64 bits per heavy atom. The molecule has 78 valence electrons. The smallest absolute Gasteiger partial charge is 0.225 e. The lowest BCUT2D eigenvalue weighted by atomic mass is 10.3. The summed E-state index contributed by atoms with van der Waals surface area (Å²) in [5.41, 5.74) is -1.14. The normalized spacial score (nSPS) is 12.9. The van der Waals surface area contributed by atoms with Crippen molar-refractivity contribution in [3.05, 3.63) is 18.0 Å². The minimum absolute atomic E-state index is 0.349. The first-order valence-electron chi connectivity index (χ1n) is 3.05. The number of hydrogen-bond donors (Lipinski definition) is 0. The quantitative estimate of drug-likeness (QED) is 0.555. The molecule has 0 bridgehead atoms. The third-order valence-electron chi connectivity index (χ3n) is 1.17. The summed E-state index contributed by atoms with van der Waals surface area (Å²) in [6, 6.07) is 0. The van der Waals surface area contributed by atoms with Gasteiger partial charge in [-0.25, -0.2) is 18.4 Å². The summed E-state index contributed by atoms with van der Waals surface area (Å²) >= 11 is 0. The summed E-state index contributed by atoms with van der Waals surface area (Å²) in [4.78, 5) is 5.93. The summed E-state index contributed by atoms with van der Waals surface area (Å²) in [6.07, 6.45) is -3.90.